The molecule has 2 aromatic rings. The predicted molar refractivity (Wildman–Crippen MR) is 87.4 cm³/mol. The van der Waals surface area contributed by atoms with Crippen molar-refractivity contribution in [2.45, 2.75) is 19.4 Å². The summed E-state index contributed by atoms with van der Waals surface area (Å²) >= 11 is 5.63. The first-order chi connectivity index (χ1) is 11.3. The fourth-order valence-corrected chi connectivity index (χ4v) is 2.06. The van der Waals surface area contributed by atoms with E-state index in [1.807, 2.05) is 0 Å². The molecule has 0 fully saturated rings. The highest BCUT2D eigenvalue weighted by Crippen LogP contribution is 2.19. The number of anilines is 1. The lowest BCUT2D eigenvalue weighted by Crippen LogP contribution is -2.30. The fourth-order valence-electron chi connectivity index (χ4n) is 1.90. The number of halogens is 2. The molecule has 0 bridgehead atoms. The number of nitrogens with one attached hydrogen (secondary N) is 1. The molecule has 2 rings (SSSR count). The molecule has 5 nitrogen and oxygen atoms in total. The van der Waals surface area contributed by atoms with Crippen molar-refractivity contribution in [3.05, 3.63) is 58.9 Å². The van der Waals surface area contributed by atoms with Gasteiger partial charge in [-0.2, -0.15) is 0 Å². The summed E-state index contributed by atoms with van der Waals surface area (Å²) in [6.45, 7) is 1.39. The van der Waals surface area contributed by atoms with Gasteiger partial charge in [0.25, 0.3) is 5.91 Å². The fraction of sp³-hybridized carbons (Fsp3) is 0.176. The summed E-state index contributed by atoms with van der Waals surface area (Å²) in [7, 11) is 0. The van der Waals surface area contributed by atoms with E-state index in [1.165, 1.54) is 31.2 Å². The number of amides is 1. The summed E-state index contributed by atoms with van der Waals surface area (Å²) in [5.41, 5.74) is 0.583. The third kappa shape index (κ3) is 4.96. The van der Waals surface area contributed by atoms with Crippen LogP contribution in [0.5, 0.6) is 5.75 Å². The molecular formula is C17H15ClFNO4. The van der Waals surface area contributed by atoms with Crippen molar-refractivity contribution in [1.82, 2.24) is 0 Å². The third-order valence-electron chi connectivity index (χ3n) is 3.15. The number of phenols is 1. The van der Waals surface area contributed by atoms with Gasteiger partial charge < -0.3 is 15.2 Å². The topological polar surface area (TPSA) is 75.6 Å². The number of rotatable bonds is 5. The quantitative estimate of drug-likeness (QED) is 0.810. The molecule has 2 N–H and O–H groups in total. The lowest BCUT2D eigenvalue weighted by molar-refractivity contribution is -0.152. The van der Waals surface area contributed by atoms with E-state index in [-0.39, 0.29) is 22.9 Å². The van der Waals surface area contributed by atoms with E-state index in [0.717, 1.165) is 6.07 Å². The van der Waals surface area contributed by atoms with Gasteiger partial charge in [-0.25, -0.2) is 4.39 Å². The van der Waals surface area contributed by atoms with Crippen LogP contribution < -0.4 is 5.32 Å². The molecule has 126 valence electrons. The lowest BCUT2D eigenvalue weighted by Gasteiger charge is -2.14. The second-order valence-electron chi connectivity index (χ2n) is 5.09. The summed E-state index contributed by atoms with van der Waals surface area (Å²) in [4.78, 5) is 23.8. The van der Waals surface area contributed by atoms with Gasteiger partial charge in [-0.15, -0.1) is 0 Å². The van der Waals surface area contributed by atoms with Crippen LogP contribution in [0.1, 0.15) is 12.5 Å². The largest absolute Gasteiger partial charge is 0.508 e. The molecular weight excluding hydrogens is 337 g/mol. The minimum absolute atomic E-state index is 0.0484. The maximum absolute atomic E-state index is 13.6. The number of carbonyl (C=O) groups is 2. The second kappa shape index (κ2) is 7.79. The Kier molecular flexibility index (Phi) is 5.76. The number of ether oxygens (including phenoxy) is 1. The van der Waals surface area contributed by atoms with Crippen LogP contribution in [0, 0.1) is 5.82 Å². The Hall–Kier alpha value is -2.60. The molecule has 1 atom stereocenters. The highest BCUT2D eigenvalue weighted by molar-refractivity contribution is 6.30. The normalized spacial score (nSPS) is 11.6. The smallest absolute Gasteiger partial charge is 0.311 e. The summed E-state index contributed by atoms with van der Waals surface area (Å²) in [6.07, 6.45) is -1.14. The van der Waals surface area contributed by atoms with Gasteiger partial charge in [0.15, 0.2) is 6.10 Å². The molecule has 1 amide bonds. The minimum Gasteiger partial charge on any atom is -0.508 e. The van der Waals surface area contributed by atoms with E-state index in [9.17, 15) is 19.1 Å². The molecule has 0 aliphatic heterocycles. The third-order valence-corrected chi connectivity index (χ3v) is 3.39. The Morgan fingerprint density at radius 1 is 1.25 bits per heavy atom. The summed E-state index contributed by atoms with van der Waals surface area (Å²) in [5.74, 6) is -1.86. The first-order valence-corrected chi connectivity index (χ1v) is 7.46. The molecule has 7 heteroatoms. The van der Waals surface area contributed by atoms with Crippen molar-refractivity contribution < 1.29 is 23.8 Å². The number of hydrogen-bond acceptors (Lipinski definition) is 4. The zero-order chi connectivity index (χ0) is 17.7. The van der Waals surface area contributed by atoms with Crippen LogP contribution in [0.15, 0.2) is 42.5 Å². The molecule has 2 aromatic carbocycles. The molecule has 0 heterocycles. The van der Waals surface area contributed by atoms with Crippen LogP contribution in [0.2, 0.25) is 5.02 Å². The summed E-state index contributed by atoms with van der Waals surface area (Å²) in [6, 6.07) is 9.86. The van der Waals surface area contributed by atoms with Crippen LogP contribution in [-0.4, -0.2) is 23.1 Å². The molecule has 0 saturated carbocycles. The molecule has 0 aliphatic rings. The van der Waals surface area contributed by atoms with E-state index in [1.54, 1.807) is 12.1 Å². The van der Waals surface area contributed by atoms with E-state index >= 15 is 0 Å². The van der Waals surface area contributed by atoms with Crippen molar-refractivity contribution in [1.29, 1.82) is 0 Å². The van der Waals surface area contributed by atoms with Crippen LogP contribution >= 0.6 is 11.6 Å². The number of aromatic hydroxyl groups is 1. The number of carbonyl (C=O) groups excluding carboxylic acids is 2. The summed E-state index contributed by atoms with van der Waals surface area (Å²) < 4.78 is 18.6. The van der Waals surface area contributed by atoms with E-state index in [4.69, 9.17) is 16.3 Å². The Morgan fingerprint density at radius 2 is 1.92 bits per heavy atom. The van der Waals surface area contributed by atoms with Crippen LogP contribution in [-0.2, 0) is 20.7 Å². The van der Waals surface area contributed by atoms with Crippen molar-refractivity contribution in [3.8, 4) is 5.75 Å². The van der Waals surface area contributed by atoms with Crippen LogP contribution in [0.4, 0.5) is 10.1 Å². The average molecular weight is 352 g/mol. The maximum atomic E-state index is 13.6. The number of hydrogen-bond donors (Lipinski definition) is 2. The molecule has 0 unspecified atom stereocenters. The van der Waals surface area contributed by atoms with Gasteiger partial charge in [-0.05, 0) is 42.8 Å². The molecule has 0 aliphatic carbocycles. The Labute approximate surface area is 143 Å². The average Bonchev–Trinajstić information content (AvgIpc) is 2.52. The first kappa shape index (κ1) is 17.7. The molecule has 0 aromatic heterocycles. The van der Waals surface area contributed by atoms with Gasteiger partial charge in [-0.3, -0.25) is 9.59 Å². The highest BCUT2D eigenvalue weighted by Gasteiger charge is 2.19. The standard InChI is InChI=1S/C17H15ClFNO4/c1-10(17(23)20-15-7-4-12(18)9-14(15)19)24-16(22)8-11-2-5-13(21)6-3-11/h2-7,9-10,21H,8H2,1H3,(H,20,23)/t10-/m1/s1. The van der Waals surface area contributed by atoms with Crippen molar-refractivity contribution >= 4 is 29.2 Å². The van der Waals surface area contributed by atoms with Crippen molar-refractivity contribution in [2.75, 3.05) is 5.32 Å². The maximum Gasteiger partial charge on any atom is 0.311 e. The minimum atomic E-state index is -1.09. The van der Waals surface area contributed by atoms with Gasteiger partial charge in [0.05, 0.1) is 12.1 Å². The molecule has 0 radical (unpaired) electrons. The highest BCUT2D eigenvalue weighted by atomic mass is 35.5. The van der Waals surface area contributed by atoms with E-state index in [0.29, 0.717) is 5.56 Å². The zero-order valence-corrected chi connectivity index (χ0v) is 13.5. The van der Waals surface area contributed by atoms with Crippen molar-refractivity contribution in [3.63, 3.8) is 0 Å². The lowest BCUT2D eigenvalue weighted by atomic mass is 10.1. The Morgan fingerprint density at radius 3 is 2.54 bits per heavy atom. The van der Waals surface area contributed by atoms with Crippen LogP contribution in [0.3, 0.4) is 0 Å². The van der Waals surface area contributed by atoms with Gasteiger partial charge in [0.2, 0.25) is 0 Å². The van der Waals surface area contributed by atoms with E-state index < -0.39 is 23.8 Å². The van der Waals surface area contributed by atoms with Gasteiger partial charge >= 0.3 is 5.97 Å². The SMILES string of the molecule is C[C@@H](OC(=O)Cc1ccc(O)cc1)C(=O)Nc1ccc(Cl)cc1F. The number of benzene rings is 2. The Bertz CT molecular complexity index is 749. The monoisotopic (exact) mass is 351 g/mol. The molecule has 0 spiro atoms. The second-order valence-corrected chi connectivity index (χ2v) is 5.53. The summed E-state index contributed by atoms with van der Waals surface area (Å²) in [5, 5.41) is 11.7. The number of esters is 1. The predicted octanol–water partition coefficient (Wildman–Crippen LogP) is 3.30. The zero-order valence-electron chi connectivity index (χ0n) is 12.8. The van der Waals surface area contributed by atoms with Gasteiger partial charge in [0, 0.05) is 5.02 Å². The van der Waals surface area contributed by atoms with Gasteiger partial charge in [0.1, 0.15) is 11.6 Å². The Balaban J connectivity index is 1.90. The van der Waals surface area contributed by atoms with Gasteiger partial charge in [-0.1, -0.05) is 23.7 Å². The van der Waals surface area contributed by atoms with Crippen molar-refractivity contribution in [2.24, 2.45) is 0 Å². The molecule has 24 heavy (non-hydrogen) atoms. The molecule has 0 saturated heterocycles. The van der Waals surface area contributed by atoms with Crippen LogP contribution in [0.25, 0.3) is 0 Å². The first-order valence-electron chi connectivity index (χ1n) is 7.08. The number of phenolic OH excluding ortho intramolecular Hbond substituents is 1. The van der Waals surface area contributed by atoms with E-state index in [2.05, 4.69) is 5.32 Å².